The Balaban J connectivity index is -0.000000108. The van der Waals surface area contributed by atoms with Crippen LogP contribution in [-0.4, -0.2) is 27.6 Å². The molecule has 0 aromatic heterocycles. The van der Waals surface area contributed by atoms with Crippen LogP contribution in [-0.2, 0) is 33.9 Å². The molecule has 6 nitrogen and oxygen atoms in total. The quantitative estimate of drug-likeness (QED) is 0.381. The molecule has 0 spiro atoms. The molecule has 0 aromatic carbocycles. The van der Waals surface area contributed by atoms with Crippen LogP contribution in [0.2, 0.25) is 0 Å². The van der Waals surface area contributed by atoms with Crippen LogP contribution >= 0.6 is 0 Å². The Morgan fingerprint density at radius 1 is 0.682 bits per heavy atom. The van der Waals surface area contributed by atoms with Gasteiger partial charge in [0.15, 0.2) is 17.3 Å². The van der Waals surface area contributed by atoms with Gasteiger partial charge in [-0.2, -0.15) is 0 Å². The summed E-state index contributed by atoms with van der Waals surface area (Å²) in [6, 6.07) is 0. The van der Waals surface area contributed by atoms with Gasteiger partial charge in [0.1, 0.15) is 0 Å². The van der Waals surface area contributed by atoms with Crippen LogP contribution in [0.1, 0.15) is 41.5 Å². The molecule has 0 radical (unpaired) electrons. The molecule has 0 unspecified atom stereocenters. The zero-order valence-electron chi connectivity index (χ0n) is 13.8. The van der Waals surface area contributed by atoms with Gasteiger partial charge in [0.05, 0.1) is 11.5 Å². The Morgan fingerprint density at radius 3 is 0.909 bits per heavy atom. The van der Waals surface area contributed by atoms with E-state index < -0.39 is 0 Å². The van der Waals surface area contributed by atoms with Gasteiger partial charge >= 0.3 is 0 Å². The van der Waals surface area contributed by atoms with Crippen molar-refractivity contribution in [1.29, 1.82) is 0 Å². The van der Waals surface area contributed by atoms with Crippen molar-refractivity contribution in [3.8, 4) is 0 Å². The molecule has 7 heteroatoms. The predicted molar refractivity (Wildman–Crippen MR) is 82.8 cm³/mol. The van der Waals surface area contributed by atoms with Crippen molar-refractivity contribution in [3.05, 3.63) is 35.4 Å². The summed E-state index contributed by atoms with van der Waals surface area (Å²) in [5, 5.41) is 16.7. The van der Waals surface area contributed by atoms with Crippen molar-refractivity contribution in [3.63, 3.8) is 0 Å². The fourth-order valence-electron chi connectivity index (χ4n) is 0.909. The van der Waals surface area contributed by atoms with Crippen LogP contribution in [0.5, 0.6) is 0 Å². The third-order valence-electron chi connectivity index (χ3n) is 1.26. The molecule has 0 amide bonds. The third kappa shape index (κ3) is 51.7. The van der Waals surface area contributed by atoms with E-state index in [4.69, 9.17) is 15.9 Å². The van der Waals surface area contributed by atoms with Crippen LogP contribution in [0.3, 0.4) is 0 Å². The van der Waals surface area contributed by atoms with Crippen LogP contribution in [0.4, 0.5) is 0 Å². The molecule has 0 bridgehead atoms. The minimum absolute atomic E-state index is 0. The normalized spacial score (nSPS) is 10.9. The van der Waals surface area contributed by atoms with Gasteiger partial charge in [0, 0.05) is 37.3 Å². The van der Waals surface area contributed by atoms with E-state index in [0.29, 0.717) is 5.70 Å². The maximum absolute atomic E-state index is 10.1. The van der Waals surface area contributed by atoms with Crippen LogP contribution in [0, 0.1) is 0 Å². The van der Waals surface area contributed by atoms with Gasteiger partial charge in [0.2, 0.25) is 0 Å². The number of allylic oxidation sites excluding steroid dienone is 6. The molecular weight excluding hydrogens is 375 g/mol. The molecule has 0 fully saturated rings. The summed E-state index contributed by atoms with van der Waals surface area (Å²) < 4.78 is 0. The summed E-state index contributed by atoms with van der Waals surface area (Å²) in [7, 11) is 0. The molecular formula is C15H25NO5Ru. The van der Waals surface area contributed by atoms with Gasteiger partial charge < -0.3 is 15.9 Å². The third-order valence-corrected chi connectivity index (χ3v) is 1.26. The van der Waals surface area contributed by atoms with Gasteiger partial charge in [-0.15, -0.1) is 0 Å². The zero-order valence-corrected chi connectivity index (χ0v) is 15.5. The summed E-state index contributed by atoms with van der Waals surface area (Å²) in [6.07, 6.45) is 3.72. The first kappa shape index (κ1) is 28.4. The van der Waals surface area contributed by atoms with E-state index in [1.165, 1.54) is 52.8 Å². The minimum atomic E-state index is -0.125. The summed E-state index contributed by atoms with van der Waals surface area (Å²) in [5.74, 6) is -0.125. The second kappa shape index (κ2) is 17.3. The first-order chi connectivity index (χ1) is 9.38. The minimum Gasteiger partial charge on any atom is -0.512 e. The Hall–Kier alpha value is -1.75. The second-order valence-corrected chi connectivity index (χ2v) is 4.29. The fraction of sp³-hybridized carbons (Fsp3) is 0.400. The van der Waals surface area contributed by atoms with Gasteiger partial charge in [-0.25, -0.2) is 0 Å². The van der Waals surface area contributed by atoms with E-state index in [1.807, 2.05) is 0 Å². The van der Waals surface area contributed by atoms with Gasteiger partial charge in [-0.05, 0) is 47.6 Å². The van der Waals surface area contributed by atoms with Crippen molar-refractivity contribution in [2.75, 3.05) is 0 Å². The number of nitrogens with two attached hydrogens (primary N) is 1. The Kier molecular flexibility index (Phi) is 22.4. The van der Waals surface area contributed by atoms with Crippen molar-refractivity contribution in [2.45, 2.75) is 41.5 Å². The molecule has 0 saturated carbocycles. The smallest absolute Gasteiger partial charge is 0.155 e. The molecule has 0 aromatic rings. The number of hydrogen-bond acceptors (Lipinski definition) is 6. The van der Waals surface area contributed by atoms with E-state index in [-0.39, 0.29) is 48.3 Å². The average molecular weight is 400 g/mol. The van der Waals surface area contributed by atoms with Crippen LogP contribution in [0.25, 0.3) is 0 Å². The average Bonchev–Trinajstić information content (AvgIpc) is 2.10. The number of rotatable bonds is 3. The van der Waals surface area contributed by atoms with Crippen LogP contribution < -0.4 is 5.73 Å². The van der Waals surface area contributed by atoms with Crippen molar-refractivity contribution in [2.24, 2.45) is 5.73 Å². The van der Waals surface area contributed by atoms with Gasteiger partial charge in [0.25, 0.3) is 0 Å². The summed E-state index contributed by atoms with van der Waals surface area (Å²) >= 11 is 0. The molecule has 0 rings (SSSR count). The SMILES string of the molecule is CC(=O)/C=C(/C)N.CC(=O)/C=C(/C)O.CC(=O)/C=C(/C)O.[Ru]. The molecule has 4 N–H and O–H groups in total. The van der Waals surface area contributed by atoms with Crippen molar-refractivity contribution < 1.29 is 44.1 Å². The Labute approximate surface area is 144 Å². The molecule has 0 heterocycles. The van der Waals surface area contributed by atoms with Gasteiger partial charge in [-0.1, -0.05) is 0 Å². The first-order valence-corrected chi connectivity index (χ1v) is 6.08. The van der Waals surface area contributed by atoms with E-state index in [1.54, 1.807) is 6.92 Å². The van der Waals surface area contributed by atoms with E-state index in [2.05, 4.69) is 0 Å². The number of carbonyl (C=O) groups excluding carboxylic acids is 3. The molecule has 0 atom stereocenters. The first-order valence-electron chi connectivity index (χ1n) is 6.08. The van der Waals surface area contributed by atoms with Crippen molar-refractivity contribution in [1.82, 2.24) is 0 Å². The predicted octanol–water partition coefficient (Wildman–Crippen LogP) is 2.51. The summed E-state index contributed by atoms with van der Waals surface area (Å²) in [6.45, 7) is 8.85. The molecule has 0 aliphatic rings. The van der Waals surface area contributed by atoms with Gasteiger partial charge in [-0.3, -0.25) is 14.4 Å². The zero-order chi connectivity index (χ0) is 17.6. The Morgan fingerprint density at radius 2 is 0.909 bits per heavy atom. The summed E-state index contributed by atoms with van der Waals surface area (Å²) in [4.78, 5) is 30.1. The van der Waals surface area contributed by atoms with E-state index in [9.17, 15) is 14.4 Å². The molecule has 0 aliphatic heterocycles. The van der Waals surface area contributed by atoms with E-state index >= 15 is 0 Å². The number of carbonyl (C=O) groups is 3. The molecule has 128 valence electrons. The maximum Gasteiger partial charge on any atom is 0.155 e. The fourth-order valence-corrected chi connectivity index (χ4v) is 0.909. The maximum atomic E-state index is 10.1. The number of aliphatic hydroxyl groups is 2. The number of ketones is 3. The van der Waals surface area contributed by atoms with Crippen LogP contribution in [0.15, 0.2) is 35.4 Å². The van der Waals surface area contributed by atoms with E-state index in [0.717, 1.165) is 0 Å². The largest absolute Gasteiger partial charge is 0.512 e. The number of hydrogen-bond donors (Lipinski definition) is 3. The number of aliphatic hydroxyl groups excluding tert-OH is 2. The van der Waals surface area contributed by atoms with Crippen molar-refractivity contribution >= 4 is 17.3 Å². The monoisotopic (exact) mass is 401 g/mol. The Bertz CT molecular complexity index is 372. The molecule has 0 saturated heterocycles. The standard InChI is InChI=1S/C5H9NO.2C5H8O2.Ru/c3*1-4(6)3-5(2)7;/h3H,6H2,1-2H3;2*3,6H,1-2H3;/b3*4-3-;. The second-order valence-electron chi connectivity index (χ2n) is 4.29. The molecule has 22 heavy (non-hydrogen) atoms. The topological polar surface area (TPSA) is 118 Å². The summed E-state index contributed by atoms with van der Waals surface area (Å²) in [5.41, 5.74) is 5.70. The molecule has 0 aliphatic carbocycles.